The van der Waals surface area contributed by atoms with Crippen LogP contribution >= 0.6 is 0 Å². The second kappa shape index (κ2) is 6.55. The van der Waals surface area contributed by atoms with E-state index in [1.54, 1.807) is 6.07 Å². The van der Waals surface area contributed by atoms with E-state index in [1.807, 2.05) is 12.1 Å². The van der Waals surface area contributed by atoms with Crippen LogP contribution in [0.5, 0.6) is 5.75 Å². The van der Waals surface area contributed by atoms with Crippen LogP contribution in [0.3, 0.4) is 0 Å². The number of benzene rings is 1. The van der Waals surface area contributed by atoms with Crippen LogP contribution < -0.4 is 10.5 Å². The Kier molecular flexibility index (Phi) is 5.00. The van der Waals surface area contributed by atoms with Crippen molar-refractivity contribution in [1.29, 1.82) is 0 Å². The number of rotatable bonds is 6. The number of nitrogens with two attached hydrogens (primary N) is 1. The third-order valence-corrected chi connectivity index (χ3v) is 4.59. The predicted octanol–water partition coefficient (Wildman–Crippen LogP) is 2.93. The number of halogens is 1. The van der Waals surface area contributed by atoms with Gasteiger partial charge in [-0.3, -0.25) is 4.90 Å². The fourth-order valence-corrected chi connectivity index (χ4v) is 3.34. The average molecular weight is 280 g/mol. The fourth-order valence-electron chi connectivity index (χ4n) is 3.34. The quantitative estimate of drug-likeness (QED) is 0.870. The standard InChI is InChI=1S/C16H25FN2O/c1-3-19(16(12-18)9-4-5-10-16)11-13-7-6-8-14(20-2)15(13)17/h6-8H,3-5,9-12,18H2,1-2H3. The first-order valence-corrected chi connectivity index (χ1v) is 7.43. The highest BCUT2D eigenvalue weighted by Crippen LogP contribution is 2.36. The molecular weight excluding hydrogens is 255 g/mol. The second-order valence-electron chi connectivity index (χ2n) is 5.58. The van der Waals surface area contributed by atoms with E-state index < -0.39 is 0 Å². The molecule has 0 amide bonds. The highest BCUT2D eigenvalue weighted by molar-refractivity contribution is 5.31. The first kappa shape index (κ1) is 15.3. The van der Waals surface area contributed by atoms with Gasteiger partial charge in [-0.25, -0.2) is 4.39 Å². The van der Waals surface area contributed by atoms with Gasteiger partial charge >= 0.3 is 0 Å². The van der Waals surface area contributed by atoms with Crippen molar-refractivity contribution in [3.8, 4) is 5.75 Å². The number of likely N-dealkylation sites (N-methyl/N-ethyl adjacent to an activating group) is 1. The zero-order valence-electron chi connectivity index (χ0n) is 12.5. The van der Waals surface area contributed by atoms with Gasteiger partial charge in [0.1, 0.15) is 0 Å². The summed E-state index contributed by atoms with van der Waals surface area (Å²) in [4.78, 5) is 2.33. The third kappa shape index (κ3) is 2.81. The molecule has 0 radical (unpaired) electrons. The lowest BCUT2D eigenvalue weighted by Crippen LogP contribution is -2.51. The van der Waals surface area contributed by atoms with Crippen LogP contribution in [0.2, 0.25) is 0 Å². The van der Waals surface area contributed by atoms with E-state index in [0.29, 0.717) is 24.4 Å². The molecule has 112 valence electrons. The molecular formula is C16H25FN2O. The Morgan fingerprint density at radius 3 is 2.60 bits per heavy atom. The minimum Gasteiger partial charge on any atom is -0.494 e. The Morgan fingerprint density at radius 1 is 1.35 bits per heavy atom. The molecule has 0 heterocycles. The summed E-state index contributed by atoms with van der Waals surface area (Å²) in [6, 6.07) is 5.33. The van der Waals surface area contributed by atoms with Crippen molar-refractivity contribution in [2.24, 2.45) is 5.73 Å². The Balaban J connectivity index is 2.22. The third-order valence-electron chi connectivity index (χ3n) is 4.59. The molecule has 0 aliphatic heterocycles. The van der Waals surface area contributed by atoms with Crippen LogP contribution in [0, 0.1) is 5.82 Å². The molecule has 20 heavy (non-hydrogen) atoms. The summed E-state index contributed by atoms with van der Waals surface area (Å²) in [6.07, 6.45) is 4.66. The SMILES string of the molecule is CCN(Cc1cccc(OC)c1F)C1(CN)CCCC1. The van der Waals surface area contributed by atoms with Crippen LogP contribution in [0.15, 0.2) is 18.2 Å². The van der Waals surface area contributed by atoms with E-state index in [0.717, 1.165) is 19.4 Å². The van der Waals surface area contributed by atoms with Crippen LogP contribution in [0.4, 0.5) is 4.39 Å². The minimum absolute atomic E-state index is 0.0459. The van der Waals surface area contributed by atoms with Gasteiger partial charge in [-0.1, -0.05) is 31.9 Å². The zero-order valence-corrected chi connectivity index (χ0v) is 12.5. The highest BCUT2D eigenvalue weighted by atomic mass is 19.1. The van der Waals surface area contributed by atoms with Gasteiger partial charge in [0, 0.05) is 24.2 Å². The molecule has 1 fully saturated rings. The molecule has 0 spiro atoms. The summed E-state index contributed by atoms with van der Waals surface area (Å²) < 4.78 is 19.4. The van der Waals surface area contributed by atoms with Crippen molar-refractivity contribution in [1.82, 2.24) is 4.90 Å². The maximum absolute atomic E-state index is 14.3. The number of hydrogen-bond acceptors (Lipinski definition) is 3. The highest BCUT2D eigenvalue weighted by Gasteiger charge is 2.37. The number of ether oxygens (including phenoxy) is 1. The maximum atomic E-state index is 14.3. The lowest BCUT2D eigenvalue weighted by Gasteiger charge is -2.40. The summed E-state index contributed by atoms with van der Waals surface area (Å²) >= 11 is 0. The molecule has 0 saturated heterocycles. The lowest BCUT2D eigenvalue weighted by atomic mass is 9.94. The van der Waals surface area contributed by atoms with Crippen molar-refractivity contribution in [2.45, 2.75) is 44.7 Å². The fraction of sp³-hybridized carbons (Fsp3) is 0.625. The average Bonchev–Trinajstić information content (AvgIpc) is 2.96. The molecule has 1 aromatic rings. The molecule has 2 rings (SSSR count). The molecule has 2 N–H and O–H groups in total. The van der Waals surface area contributed by atoms with Crippen LogP contribution in [0.25, 0.3) is 0 Å². The van der Waals surface area contributed by atoms with E-state index in [-0.39, 0.29) is 11.4 Å². The van der Waals surface area contributed by atoms with E-state index in [9.17, 15) is 4.39 Å². The summed E-state index contributed by atoms with van der Waals surface area (Å²) in [5.74, 6) is 0.0605. The smallest absolute Gasteiger partial charge is 0.169 e. The summed E-state index contributed by atoms with van der Waals surface area (Å²) in [7, 11) is 1.50. The van der Waals surface area contributed by atoms with Gasteiger partial charge in [-0.05, 0) is 25.5 Å². The first-order valence-electron chi connectivity index (χ1n) is 7.43. The van der Waals surface area contributed by atoms with Crippen LogP contribution in [0.1, 0.15) is 38.2 Å². The molecule has 0 unspecified atom stereocenters. The second-order valence-corrected chi connectivity index (χ2v) is 5.58. The molecule has 4 heteroatoms. The summed E-state index contributed by atoms with van der Waals surface area (Å²) in [5, 5.41) is 0. The van der Waals surface area contributed by atoms with Gasteiger partial charge in [0.05, 0.1) is 7.11 Å². The van der Waals surface area contributed by atoms with Crippen molar-refractivity contribution < 1.29 is 9.13 Å². The monoisotopic (exact) mass is 280 g/mol. The lowest BCUT2D eigenvalue weighted by molar-refractivity contribution is 0.0956. The Bertz CT molecular complexity index is 444. The van der Waals surface area contributed by atoms with Crippen LogP contribution in [-0.4, -0.2) is 30.6 Å². The molecule has 1 aliphatic rings. The first-order chi connectivity index (χ1) is 9.66. The van der Waals surface area contributed by atoms with Gasteiger partial charge in [-0.15, -0.1) is 0 Å². The molecule has 1 aliphatic carbocycles. The molecule has 1 aromatic carbocycles. The summed E-state index contributed by atoms with van der Waals surface area (Å²) in [6.45, 7) is 4.24. The topological polar surface area (TPSA) is 38.5 Å². The normalized spacial score (nSPS) is 17.6. The van der Waals surface area contributed by atoms with Crippen LogP contribution in [-0.2, 0) is 6.54 Å². The van der Waals surface area contributed by atoms with E-state index in [1.165, 1.54) is 20.0 Å². The summed E-state index contributed by atoms with van der Waals surface area (Å²) in [5.41, 5.74) is 6.76. The van der Waals surface area contributed by atoms with Crippen molar-refractivity contribution in [2.75, 3.05) is 20.2 Å². The number of hydrogen-bond donors (Lipinski definition) is 1. The van der Waals surface area contributed by atoms with Gasteiger partial charge < -0.3 is 10.5 Å². The molecule has 3 nitrogen and oxygen atoms in total. The Morgan fingerprint density at radius 2 is 2.05 bits per heavy atom. The van der Waals surface area contributed by atoms with Gasteiger partial charge in [0.2, 0.25) is 0 Å². The predicted molar refractivity (Wildman–Crippen MR) is 79.3 cm³/mol. The number of methoxy groups -OCH3 is 1. The van der Waals surface area contributed by atoms with E-state index >= 15 is 0 Å². The van der Waals surface area contributed by atoms with Gasteiger partial charge in [-0.2, -0.15) is 0 Å². The van der Waals surface area contributed by atoms with Crippen molar-refractivity contribution in [3.63, 3.8) is 0 Å². The van der Waals surface area contributed by atoms with E-state index in [2.05, 4.69) is 11.8 Å². The van der Waals surface area contributed by atoms with Gasteiger partial charge in [0.15, 0.2) is 11.6 Å². The van der Waals surface area contributed by atoms with Crippen molar-refractivity contribution >= 4 is 0 Å². The Labute approximate surface area is 120 Å². The molecule has 0 aromatic heterocycles. The number of nitrogens with zero attached hydrogens (tertiary/aromatic N) is 1. The van der Waals surface area contributed by atoms with E-state index in [4.69, 9.17) is 10.5 Å². The molecule has 1 saturated carbocycles. The molecule has 0 atom stereocenters. The largest absolute Gasteiger partial charge is 0.494 e. The Hall–Kier alpha value is -1.13. The van der Waals surface area contributed by atoms with Gasteiger partial charge in [0.25, 0.3) is 0 Å². The molecule has 0 bridgehead atoms. The minimum atomic E-state index is -0.251. The maximum Gasteiger partial charge on any atom is 0.169 e. The zero-order chi connectivity index (χ0) is 14.6. The van der Waals surface area contributed by atoms with Crippen molar-refractivity contribution in [3.05, 3.63) is 29.6 Å².